The molecule has 5 nitrogen and oxygen atoms in total. The average molecular weight is 311 g/mol. The lowest BCUT2D eigenvalue weighted by Gasteiger charge is -2.22. The molecule has 0 saturated carbocycles. The van der Waals surface area contributed by atoms with E-state index in [0.29, 0.717) is 36.6 Å². The average Bonchev–Trinajstić information content (AvgIpc) is 2.88. The Morgan fingerprint density at radius 3 is 2.86 bits per heavy atom. The number of fused-ring (bicyclic) bond motifs is 1. The molecule has 1 aliphatic heterocycles. The van der Waals surface area contributed by atoms with E-state index in [0.717, 1.165) is 5.56 Å². The zero-order chi connectivity index (χ0) is 15.6. The summed E-state index contributed by atoms with van der Waals surface area (Å²) in [5.74, 6) is -1.12. The number of aliphatic hydroxyl groups excluding tert-OH is 1. The van der Waals surface area contributed by atoms with Crippen LogP contribution in [0.5, 0.6) is 0 Å². The summed E-state index contributed by atoms with van der Waals surface area (Å²) in [6.45, 7) is 2.46. The predicted octanol–water partition coefficient (Wildman–Crippen LogP) is 1.46. The van der Waals surface area contributed by atoms with Gasteiger partial charge in [0, 0.05) is 30.8 Å². The summed E-state index contributed by atoms with van der Waals surface area (Å²) in [6.07, 6.45) is 0.602. The summed E-state index contributed by atoms with van der Waals surface area (Å²) in [7, 11) is 1.57. The second-order valence-corrected chi connectivity index (χ2v) is 5.72. The number of carbonyl (C=O) groups is 2. The van der Waals surface area contributed by atoms with E-state index in [9.17, 15) is 14.7 Å². The Balaban J connectivity index is 2.09. The molecular formula is C15H19ClN2O3. The molecule has 0 fully saturated rings. The van der Waals surface area contributed by atoms with E-state index in [1.54, 1.807) is 32.2 Å². The standard InChI is InChI=1S/C15H19ClN2O3/c1-10(19)6-8-17(2)14(20)15(21)18-9-7-11-12(16)4-3-5-13(11)18/h3-5,10,19H,6-9H2,1-2H3. The molecule has 1 aromatic rings. The monoisotopic (exact) mass is 310 g/mol. The number of amides is 2. The largest absolute Gasteiger partial charge is 0.393 e. The third-order valence-electron chi connectivity index (χ3n) is 3.63. The quantitative estimate of drug-likeness (QED) is 0.860. The van der Waals surface area contributed by atoms with Crippen molar-refractivity contribution >= 4 is 29.1 Å². The molecule has 0 aromatic heterocycles. The molecule has 0 aliphatic carbocycles. The van der Waals surface area contributed by atoms with Crippen molar-refractivity contribution in [3.8, 4) is 0 Å². The fourth-order valence-electron chi connectivity index (χ4n) is 2.36. The molecule has 2 amide bonds. The maximum absolute atomic E-state index is 12.3. The summed E-state index contributed by atoms with van der Waals surface area (Å²) in [5, 5.41) is 9.87. The van der Waals surface area contributed by atoms with Crippen LogP contribution in [0, 0.1) is 0 Å². The van der Waals surface area contributed by atoms with E-state index in [4.69, 9.17) is 11.6 Å². The van der Waals surface area contributed by atoms with Gasteiger partial charge in [-0.1, -0.05) is 17.7 Å². The summed E-state index contributed by atoms with van der Waals surface area (Å²) >= 11 is 6.11. The highest BCUT2D eigenvalue weighted by Gasteiger charge is 2.31. The van der Waals surface area contributed by atoms with E-state index in [2.05, 4.69) is 0 Å². The van der Waals surface area contributed by atoms with Gasteiger partial charge in [-0.25, -0.2) is 0 Å². The number of likely N-dealkylation sites (N-methyl/N-ethyl adjacent to an activating group) is 1. The predicted molar refractivity (Wildman–Crippen MR) is 81.4 cm³/mol. The molecule has 21 heavy (non-hydrogen) atoms. The van der Waals surface area contributed by atoms with Crippen molar-refractivity contribution < 1.29 is 14.7 Å². The van der Waals surface area contributed by atoms with Gasteiger partial charge in [0.25, 0.3) is 0 Å². The van der Waals surface area contributed by atoms with Crippen molar-refractivity contribution in [2.24, 2.45) is 0 Å². The smallest absolute Gasteiger partial charge is 0.316 e. The van der Waals surface area contributed by atoms with Gasteiger partial charge >= 0.3 is 11.8 Å². The fraction of sp³-hybridized carbons (Fsp3) is 0.467. The van der Waals surface area contributed by atoms with E-state index in [1.807, 2.05) is 0 Å². The number of hydrogen-bond acceptors (Lipinski definition) is 3. The maximum Gasteiger partial charge on any atom is 0.316 e. The minimum atomic E-state index is -0.566. The molecule has 1 aromatic carbocycles. The van der Waals surface area contributed by atoms with Gasteiger partial charge in [-0.15, -0.1) is 0 Å². The second-order valence-electron chi connectivity index (χ2n) is 5.31. The van der Waals surface area contributed by atoms with Gasteiger partial charge in [0.05, 0.1) is 6.10 Å². The van der Waals surface area contributed by atoms with E-state index in [1.165, 1.54) is 9.80 Å². The second kappa shape index (κ2) is 6.45. The van der Waals surface area contributed by atoms with Gasteiger partial charge in [-0.2, -0.15) is 0 Å². The van der Waals surface area contributed by atoms with E-state index in [-0.39, 0.29) is 0 Å². The summed E-state index contributed by atoms with van der Waals surface area (Å²) in [6, 6.07) is 5.36. The molecule has 1 atom stereocenters. The molecule has 0 bridgehead atoms. The lowest BCUT2D eigenvalue weighted by atomic mass is 10.2. The van der Waals surface area contributed by atoms with Gasteiger partial charge < -0.3 is 14.9 Å². The number of carbonyl (C=O) groups excluding carboxylic acids is 2. The van der Waals surface area contributed by atoms with Crippen LogP contribution < -0.4 is 4.90 Å². The van der Waals surface area contributed by atoms with Gasteiger partial charge in [-0.3, -0.25) is 9.59 Å². The van der Waals surface area contributed by atoms with E-state index >= 15 is 0 Å². The lowest BCUT2D eigenvalue weighted by molar-refractivity contribution is -0.143. The van der Waals surface area contributed by atoms with Crippen LogP contribution in [-0.2, 0) is 16.0 Å². The van der Waals surface area contributed by atoms with Crippen molar-refractivity contribution in [1.29, 1.82) is 0 Å². The van der Waals surface area contributed by atoms with Gasteiger partial charge in [-0.05, 0) is 37.5 Å². The lowest BCUT2D eigenvalue weighted by Crippen LogP contribution is -2.44. The Bertz CT molecular complexity index is 560. The van der Waals surface area contributed by atoms with Gasteiger partial charge in [0.2, 0.25) is 0 Å². The summed E-state index contributed by atoms with van der Waals surface area (Å²) < 4.78 is 0. The number of anilines is 1. The van der Waals surface area contributed by atoms with Crippen LogP contribution in [0.15, 0.2) is 18.2 Å². The number of aliphatic hydroxyl groups is 1. The van der Waals surface area contributed by atoms with Crippen molar-refractivity contribution in [2.45, 2.75) is 25.9 Å². The highest BCUT2D eigenvalue weighted by atomic mass is 35.5. The van der Waals surface area contributed by atoms with Crippen LogP contribution in [0.1, 0.15) is 18.9 Å². The first-order valence-electron chi connectivity index (χ1n) is 6.94. The Hall–Kier alpha value is -1.59. The van der Waals surface area contributed by atoms with Crippen LogP contribution in [0.3, 0.4) is 0 Å². The molecule has 6 heteroatoms. The van der Waals surface area contributed by atoms with E-state index < -0.39 is 17.9 Å². The molecule has 2 rings (SSSR count). The first-order chi connectivity index (χ1) is 9.91. The minimum absolute atomic E-state index is 0.346. The normalized spacial score (nSPS) is 14.8. The van der Waals surface area contributed by atoms with Crippen molar-refractivity contribution in [1.82, 2.24) is 4.90 Å². The summed E-state index contributed by atoms with van der Waals surface area (Å²) in [5.41, 5.74) is 1.62. The first-order valence-corrected chi connectivity index (χ1v) is 7.32. The molecule has 114 valence electrons. The summed E-state index contributed by atoms with van der Waals surface area (Å²) in [4.78, 5) is 27.3. The third kappa shape index (κ3) is 3.36. The molecule has 1 heterocycles. The Kier molecular flexibility index (Phi) is 4.85. The van der Waals surface area contributed by atoms with Crippen molar-refractivity contribution in [3.63, 3.8) is 0 Å². The number of hydrogen-bond donors (Lipinski definition) is 1. The van der Waals surface area contributed by atoms with Crippen LogP contribution in [0.2, 0.25) is 5.02 Å². The number of nitrogens with zero attached hydrogens (tertiary/aromatic N) is 2. The maximum atomic E-state index is 12.3. The molecular weight excluding hydrogens is 292 g/mol. The molecule has 1 unspecified atom stereocenters. The molecule has 0 radical (unpaired) electrons. The molecule has 0 spiro atoms. The Labute approximate surface area is 129 Å². The SMILES string of the molecule is CC(O)CCN(C)C(=O)C(=O)N1CCc2c(Cl)cccc21. The van der Waals surface area contributed by atoms with Crippen LogP contribution >= 0.6 is 11.6 Å². The zero-order valence-corrected chi connectivity index (χ0v) is 12.9. The zero-order valence-electron chi connectivity index (χ0n) is 12.2. The minimum Gasteiger partial charge on any atom is -0.393 e. The highest BCUT2D eigenvalue weighted by Crippen LogP contribution is 2.33. The van der Waals surface area contributed by atoms with Crippen molar-refractivity contribution in [3.05, 3.63) is 28.8 Å². The Morgan fingerprint density at radius 1 is 1.48 bits per heavy atom. The van der Waals surface area contributed by atoms with Crippen molar-refractivity contribution in [2.75, 3.05) is 25.0 Å². The molecule has 1 N–H and O–H groups in total. The molecule has 0 saturated heterocycles. The molecule has 1 aliphatic rings. The number of rotatable bonds is 3. The van der Waals surface area contributed by atoms with Gasteiger partial charge in [0.15, 0.2) is 0 Å². The van der Waals surface area contributed by atoms with Crippen LogP contribution in [0.4, 0.5) is 5.69 Å². The number of halogens is 1. The van der Waals surface area contributed by atoms with Crippen LogP contribution in [0.25, 0.3) is 0 Å². The number of benzene rings is 1. The topological polar surface area (TPSA) is 60.9 Å². The highest BCUT2D eigenvalue weighted by molar-refractivity contribution is 6.41. The third-order valence-corrected chi connectivity index (χ3v) is 3.98. The first kappa shape index (κ1) is 15.8. The van der Waals surface area contributed by atoms with Gasteiger partial charge in [0.1, 0.15) is 0 Å². The van der Waals surface area contributed by atoms with Crippen LogP contribution in [-0.4, -0.2) is 48.1 Å². The Morgan fingerprint density at radius 2 is 2.19 bits per heavy atom. The fourth-order valence-corrected chi connectivity index (χ4v) is 2.63.